The third kappa shape index (κ3) is 2.76. The zero-order valence-electron chi connectivity index (χ0n) is 8.82. The van der Waals surface area contributed by atoms with E-state index in [2.05, 4.69) is 20.7 Å². The van der Waals surface area contributed by atoms with E-state index in [4.69, 9.17) is 0 Å². The number of nitrogens with one attached hydrogen (secondary N) is 1. The van der Waals surface area contributed by atoms with Crippen LogP contribution in [-0.4, -0.2) is 9.97 Å². The molecule has 0 atom stereocenters. The zero-order valence-corrected chi connectivity index (χ0v) is 9.64. The highest BCUT2D eigenvalue weighted by Crippen LogP contribution is 2.10. The van der Waals surface area contributed by atoms with Gasteiger partial charge in [-0.1, -0.05) is 6.07 Å². The molecular weight excluding hydrogens is 206 g/mol. The third-order valence-corrected chi connectivity index (χ3v) is 2.85. The summed E-state index contributed by atoms with van der Waals surface area (Å²) in [6.07, 6.45) is 1.86. The minimum absolute atomic E-state index is 0.737. The molecule has 2 aromatic heterocycles. The Morgan fingerprint density at radius 2 is 2.20 bits per heavy atom. The molecule has 0 bridgehead atoms. The van der Waals surface area contributed by atoms with E-state index in [1.807, 2.05) is 32.2 Å². The lowest BCUT2D eigenvalue weighted by atomic mass is 10.3. The summed E-state index contributed by atoms with van der Waals surface area (Å²) in [6, 6.07) is 4.02. The lowest BCUT2D eigenvalue weighted by molar-refractivity contribution is 1.04. The molecule has 0 spiro atoms. The standard InChI is InChI=1S/C11H13N3S/c1-8-3-4-11(12-5-8)13-6-10-7-15-9(2)14-10/h3-5,7H,6H2,1-2H3,(H,12,13). The van der Waals surface area contributed by atoms with E-state index < -0.39 is 0 Å². The van der Waals surface area contributed by atoms with Crippen molar-refractivity contribution in [1.82, 2.24) is 9.97 Å². The van der Waals surface area contributed by atoms with Crippen LogP contribution in [0.5, 0.6) is 0 Å². The predicted molar refractivity (Wildman–Crippen MR) is 63.2 cm³/mol. The minimum atomic E-state index is 0.737. The summed E-state index contributed by atoms with van der Waals surface area (Å²) in [5.74, 6) is 0.895. The normalized spacial score (nSPS) is 10.3. The van der Waals surface area contributed by atoms with E-state index >= 15 is 0 Å². The highest BCUT2D eigenvalue weighted by atomic mass is 32.1. The van der Waals surface area contributed by atoms with Gasteiger partial charge in [-0.25, -0.2) is 9.97 Å². The van der Waals surface area contributed by atoms with Gasteiger partial charge in [0.15, 0.2) is 0 Å². The number of thiazole rings is 1. The molecule has 0 saturated heterocycles. The summed E-state index contributed by atoms with van der Waals surface area (Å²) in [6.45, 7) is 4.78. The molecule has 0 unspecified atom stereocenters. The van der Waals surface area contributed by atoms with Gasteiger partial charge < -0.3 is 5.32 Å². The Bertz CT molecular complexity index is 433. The number of nitrogens with zero attached hydrogens (tertiary/aromatic N) is 2. The van der Waals surface area contributed by atoms with Crippen molar-refractivity contribution in [3.8, 4) is 0 Å². The molecule has 2 rings (SSSR count). The molecule has 2 aromatic rings. The molecule has 15 heavy (non-hydrogen) atoms. The Hall–Kier alpha value is -1.42. The van der Waals surface area contributed by atoms with Gasteiger partial charge in [0, 0.05) is 11.6 Å². The fourth-order valence-corrected chi connectivity index (χ4v) is 1.86. The van der Waals surface area contributed by atoms with E-state index in [1.165, 1.54) is 5.56 Å². The van der Waals surface area contributed by atoms with Crippen molar-refractivity contribution in [2.24, 2.45) is 0 Å². The van der Waals surface area contributed by atoms with E-state index in [0.29, 0.717) is 0 Å². The molecular formula is C11H13N3S. The Morgan fingerprint density at radius 3 is 2.80 bits per heavy atom. The quantitative estimate of drug-likeness (QED) is 0.862. The Morgan fingerprint density at radius 1 is 1.33 bits per heavy atom. The van der Waals surface area contributed by atoms with Gasteiger partial charge in [0.1, 0.15) is 5.82 Å². The maximum atomic E-state index is 4.37. The van der Waals surface area contributed by atoms with Crippen molar-refractivity contribution in [2.75, 3.05) is 5.32 Å². The van der Waals surface area contributed by atoms with Crippen LogP contribution in [0.2, 0.25) is 0 Å². The Labute approximate surface area is 93.2 Å². The fraction of sp³-hybridized carbons (Fsp3) is 0.273. The van der Waals surface area contributed by atoms with Crippen LogP contribution in [0.25, 0.3) is 0 Å². The summed E-state index contributed by atoms with van der Waals surface area (Å²) < 4.78 is 0. The Balaban J connectivity index is 1.96. The second-order valence-corrected chi connectivity index (χ2v) is 4.49. The third-order valence-electron chi connectivity index (χ3n) is 2.03. The zero-order chi connectivity index (χ0) is 10.7. The van der Waals surface area contributed by atoms with Crippen LogP contribution in [0.15, 0.2) is 23.7 Å². The van der Waals surface area contributed by atoms with Gasteiger partial charge in [0.05, 0.1) is 17.2 Å². The van der Waals surface area contributed by atoms with Gasteiger partial charge in [-0.2, -0.15) is 0 Å². The number of hydrogen-bond donors (Lipinski definition) is 1. The van der Waals surface area contributed by atoms with E-state index in [-0.39, 0.29) is 0 Å². The Kier molecular flexibility index (Phi) is 2.97. The molecule has 0 fully saturated rings. The molecule has 0 aliphatic heterocycles. The van der Waals surface area contributed by atoms with Crippen LogP contribution < -0.4 is 5.32 Å². The predicted octanol–water partition coefficient (Wildman–Crippen LogP) is 2.77. The maximum Gasteiger partial charge on any atom is 0.126 e. The van der Waals surface area contributed by atoms with E-state index in [1.54, 1.807) is 11.3 Å². The average Bonchev–Trinajstić information content (AvgIpc) is 2.64. The molecule has 0 radical (unpaired) electrons. The van der Waals surface area contributed by atoms with Crippen molar-refractivity contribution in [3.63, 3.8) is 0 Å². The second kappa shape index (κ2) is 4.40. The molecule has 78 valence electrons. The summed E-state index contributed by atoms with van der Waals surface area (Å²) in [7, 11) is 0. The molecule has 0 saturated carbocycles. The van der Waals surface area contributed by atoms with E-state index in [0.717, 1.165) is 23.1 Å². The van der Waals surface area contributed by atoms with Crippen molar-refractivity contribution < 1.29 is 0 Å². The van der Waals surface area contributed by atoms with E-state index in [9.17, 15) is 0 Å². The molecule has 0 aromatic carbocycles. The molecule has 0 amide bonds. The summed E-state index contributed by atoms with van der Waals surface area (Å²) >= 11 is 1.67. The minimum Gasteiger partial charge on any atom is -0.364 e. The van der Waals surface area contributed by atoms with Gasteiger partial charge in [0.2, 0.25) is 0 Å². The van der Waals surface area contributed by atoms with Gasteiger partial charge in [0.25, 0.3) is 0 Å². The largest absolute Gasteiger partial charge is 0.364 e. The first-order valence-electron chi connectivity index (χ1n) is 4.81. The SMILES string of the molecule is Cc1ccc(NCc2csc(C)n2)nc1. The van der Waals surface area contributed by atoms with Crippen molar-refractivity contribution in [1.29, 1.82) is 0 Å². The number of pyridine rings is 1. The summed E-state index contributed by atoms with van der Waals surface area (Å²) in [4.78, 5) is 8.64. The number of anilines is 1. The summed E-state index contributed by atoms with van der Waals surface area (Å²) in [5.41, 5.74) is 2.24. The first kappa shape index (κ1) is 10.1. The summed E-state index contributed by atoms with van der Waals surface area (Å²) in [5, 5.41) is 6.40. The van der Waals surface area contributed by atoms with Crippen molar-refractivity contribution >= 4 is 17.2 Å². The topological polar surface area (TPSA) is 37.8 Å². The molecule has 0 aliphatic rings. The number of aryl methyl sites for hydroxylation is 2. The fourth-order valence-electron chi connectivity index (χ4n) is 1.24. The number of hydrogen-bond acceptors (Lipinski definition) is 4. The smallest absolute Gasteiger partial charge is 0.126 e. The molecule has 2 heterocycles. The molecule has 3 nitrogen and oxygen atoms in total. The molecule has 1 N–H and O–H groups in total. The van der Waals surface area contributed by atoms with Gasteiger partial charge in [-0.3, -0.25) is 0 Å². The number of aromatic nitrogens is 2. The monoisotopic (exact) mass is 219 g/mol. The maximum absolute atomic E-state index is 4.37. The van der Waals surface area contributed by atoms with Crippen LogP contribution in [0.3, 0.4) is 0 Å². The first-order chi connectivity index (χ1) is 7.24. The highest BCUT2D eigenvalue weighted by Gasteiger charge is 1.98. The van der Waals surface area contributed by atoms with Crippen LogP contribution in [0.4, 0.5) is 5.82 Å². The first-order valence-corrected chi connectivity index (χ1v) is 5.69. The second-order valence-electron chi connectivity index (χ2n) is 3.43. The molecule has 0 aliphatic carbocycles. The van der Waals surface area contributed by atoms with Crippen molar-refractivity contribution in [2.45, 2.75) is 20.4 Å². The van der Waals surface area contributed by atoms with Gasteiger partial charge >= 0.3 is 0 Å². The average molecular weight is 219 g/mol. The van der Waals surface area contributed by atoms with Crippen LogP contribution in [-0.2, 0) is 6.54 Å². The van der Waals surface area contributed by atoms with Crippen LogP contribution in [0, 0.1) is 13.8 Å². The lowest BCUT2D eigenvalue weighted by Crippen LogP contribution is -2.01. The number of rotatable bonds is 3. The van der Waals surface area contributed by atoms with Crippen molar-refractivity contribution in [3.05, 3.63) is 40.0 Å². The van der Waals surface area contributed by atoms with Gasteiger partial charge in [-0.15, -0.1) is 11.3 Å². The highest BCUT2D eigenvalue weighted by molar-refractivity contribution is 7.09. The van der Waals surface area contributed by atoms with Crippen LogP contribution >= 0.6 is 11.3 Å². The van der Waals surface area contributed by atoms with Gasteiger partial charge in [-0.05, 0) is 25.5 Å². The van der Waals surface area contributed by atoms with Crippen LogP contribution in [0.1, 0.15) is 16.3 Å². The lowest BCUT2D eigenvalue weighted by Gasteiger charge is -2.02. The molecule has 4 heteroatoms.